The van der Waals surface area contributed by atoms with Crippen LogP contribution in [0.5, 0.6) is 0 Å². The third-order valence-electron chi connectivity index (χ3n) is 3.17. The van der Waals surface area contributed by atoms with E-state index in [1.165, 1.54) is 0 Å². The first-order valence-corrected chi connectivity index (χ1v) is 6.37. The highest BCUT2D eigenvalue weighted by Crippen LogP contribution is 2.17. The van der Waals surface area contributed by atoms with E-state index in [4.69, 9.17) is 9.84 Å². The second-order valence-corrected chi connectivity index (χ2v) is 4.92. The van der Waals surface area contributed by atoms with Crippen LogP contribution in [0, 0.1) is 0 Å². The molecule has 0 saturated heterocycles. The van der Waals surface area contributed by atoms with Gasteiger partial charge in [-0.15, -0.1) is 0 Å². The molecule has 0 heterocycles. The molecule has 0 fully saturated rings. The number of ether oxygens (including phenoxy) is 1. The van der Waals surface area contributed by atoms with Gasteiger partial charge in [-0.1, -0.05) is 13.8 Å². The fourth-order valence-corrected chi connectivity index (χ4v) is 1.89. The fourth-order valence-electron chi connectivity index (χ4n) is 1.89. The summed E-state index contributed by atoms with van der Waals surface area (Å²) >= 11 is 0. The largest absolute Gasteiger partial charge is 0.395 e. The summed E-state index contributed by atoms with van der Waals surface area (Å²) in [6.45, 7) is 8.34. The maximum atomic E-state index is 12.2. The van der Waals surface area contributed by atoms with Gasteiger partial charge in [0.1, 0.15) is 0 Å². The Bertz CT molecular complexity index is 225. The van der Waals surface area contributed by atoms with E-state index >= 15 is 0 Å². The number of aliphatic hydroxyl groups excluding tert-OH is 1. The Labute approximate surface area is 105 Å². The highest BCUT2D eigenvalue weighted by molar-refractivity contribution is 5.77. The number of hydrogen-bond acceptors (Lipinski definition) is 3. The highest BCUT2D eigenvalue weighted by atomic mass is 16.5. The Morgan fingerprint density at radius 3 is 2.24 bits per heavy atom. The standard InChI is InChI=1S/C13H27NO3/c1-6-11(7-2)14(8-9-15)12(16)10-13(3,4)17-5/h11,15H,6-10H2,1-5H3. The summed E-state index contributed by atoms with van der Waals surface area (Å²) < 4.78 is 5.27. The maximum absolute atomic E-state index is 12.2. The van der Waals surface area contributed by atoms with Crippen LogP contribution in [-0.4, -0.2) is 47.8 Å². The SMILES string of the molecule is CCC(CC)N(CCO)C(=O)CC(C)(C)OC. The molecule has 0 aromatic carbocycles. The lowest BCUT2D eigenvalue weighted by Crippen LogP contribution is -2.44. The molecule has 4 heteroatoms. The van der Waals surface area contributed by atoms with Gasteiger partial charge in [0.05, 0.1) is 18.6 Å². The molecule has 0 aliphatic rings. The molecule has 4 nitrogen and oxygen atoms in total. The molecule has 0 rings (SSSR count). The molecule has 0 aromatic rings. The smallest absolute Gasteiger partial charge is 0.225 e. The van der Waals surface area contributed by atoms with E-state index in [9.17, 15) is 4.79 Å². The van der Waals surface area contributed by atoms with Crippen LogP contribution in [0.15, 0.2) is 0 Å². The second-order valence-electron chi connectivity index (χ2n) is 4.92. The molecule has 0 atom stereocenters. The van der Waals surface area contributed by atoms with Gasteiger partial charge < -0.3 is 14.7 Å². The van der Waals surface area contributed by atoms with Gasteiger partial charge in [-0.3, -0.25) is 4.79 Å². The fraction of sp³-hybridized carbons (Fsp3) is 0.923. The minimum atomic E-state index is -0.448. The van der Waals surface area contributed by atoms with Gasteiger partial charge in [0.15, 0.2) is 0 Å². The van der Waals surface area contributed by atoms with Gasteiger partial charge in [-0.25, -0.2) is 0 Å². The first-order valence-electron chi connectivity index (χ1n) is 6.37. The summed E-state index contributed by atoms with van der Waals surface area (Å²) in [6.07, 6.45) is 2.17. The maximum Gasteiger partial charge on any atom is 0.225 e. The van der Waals surface area contributed by atoms with E-state index in [1.807, 2.05) is 13.8 Å². The summed E-state index contributed by atoms with van der Waals surface area (Å²) in [6, 6.07) is 0.210. The van der Waals surface area contributed by atoms with Crippen molar-refractivity contribution in [2.24, 2.45) is 0 Å². The predicted octanol–water partition coefficient (Wildman–Crippen LogP) is 1.81. The minimum Gasteiger partial charge on any atom is -0.395 e. The normalized spacial score (nSPS) is 11.9. The highest BCUT2D eigenvalue weighted by Gasteiger charge is 2.27. The molecule has 0 saturated carbocycles. The van der Waals surface area contributed by atoms with Crippen molar-refractivity contribution < 1.29 is 14.6 Å². The number of hydrogen-bond donors (Lipinski definition) is 1. The molecule has 0 aromatic heterocycles. The van der Waals surface area contributed by atoms with E-state index in [0.717, 1.165) is 12.8 Å². The van der Waals surface area contributed by atoms with E-state index in [1.54, 1.807) is 12.0 Å². The molecule has 0 aliphatic carbocycles. The van der Waals surface area contributed by atoms with Crippen LogP contribution in [0.1, 0.15) is 47.0 Å². The van der Waals surface area contributed by atoms with Gasteiger partial charge in [0.2, 0.25) is 5.91 Å². The molecule has 0 radical (unpaired) electrons. The summed E-state index contributed by atoms with van der Waals surface area (Å²) in [4.78, 5) is 14.0. The molecule has 1 amide bonds. The van der Waals surface area contributed by atoms with Crippen molar-refractivity contribution in [1.82, 2.24) is 4.90 Å². The Morgan fingerprint density at radius 2 is 1.88 bits per heavy atom. The van der Waals surface area contributed by atoms with Crippen LogP contribution in [0.3, 0.4) is 0 Å². The van der Waals surface area contributed by atoms with Crippen molar-refractivity contribution >= 4 is 5.91 Å². The number of carbonyl (C=O) groups excluding carboxylic acids is 1. The number of nitrogens with zero attached hydrogens (tertiary/aromatic N) is 1. The Hall–Kier alpha value is -0.610. The van der Waals surface area contributed by atoms with Gasteiger partial charge in [0, 0.05) is 19.7 Å². The number of methoxy groups -OCH3 is 1. The van der Waals surface area contributed by atoms with Crippen LogP contribution < -0.4 is 0 Å². The van der Waals surface area contributed by atoms with Crippen LogP contribution in [-0.2, 0) is 9.53 Å². The van der Waals surface area contributed by atoms with E-state index in [-0.39, 0.29) is 18.6 Å². The lowest BCUT2D eigenvalue weighted by atomic mass is 10.0. The number of aliphatic hydroxyl groups is 1. The Kier molecular flexibility index (Phi) is 7.39. The van der Waals surface area contributed by atoms with Gasteiger partial charge in [0.25, 0.3) is 0 Å². The molecule has 17 heavy (non-hydrogen) atoms. The molecular formula is C13H27NO3. The third-order valence-corrected chi connectivity index (χ3v) is 3.17. The summed E-state index contributed by atoms with van der Waals surface area (Å²) in [5, 5.41) is 9.06. The monoisotopic (exact) mass is 245 g/mol. The number of rotatable bonds is 8. The minimum absolute atomic E-state index is 0.00957. The summed E-state index contributed by atoms with van der Waals surface area (Å²) in [5.74, 6) is 0.0552. The molecule has 0 bridgehead atoms. The molecule has 0 unspecified atom stereocenters. The van der Waals surface area contributed by atoms with E-state index in [2.05, 4.69) is 13.8 Å². The van der Waals surface area contributed by atoms with Crippen LogP contribution in [0.2, 0.25) is 0 Å². The second kappa shape index (κ2) is 7.67. The first kappa shape index (κ1) is 16.4. The first-order chi connectivity index (χ1) is 7.91. The topological polar surface area (TPSA) is 49.8 Å². The average Bonchev–Trinajstić information content (AvgIpc) is 2.29. The molecule has 102 valence electrons. The van der Waals surface area contributed by atoms with Crippen molar-refractivity contribution in [3.05, 3.63) is 0 Å². The zero-order valence-electron chi connectivity index (χ0n) is 11.8. The van der Waals surface area contributed by atoms with Crippen LogP contribution in [0.25, 0.3) is 0 Å². The number of carbonyl (C=O) groups is 1. The Balaban J connectivity index is 4.64. The van der Waals surface area contributed by atoms with E-state index < -0.39 is 5.60 Å². The van der Waals surface area contributed by atoms with Gasteiger partial charge >= 0.3 is 0 Å². The van der Waals surface area contributed by atoms with Crippen molar-refractivity contribution in [2.45, 2.75) is 58.6 Å². The third kappa shape index (κ3) is 5.50. The zero-order valence-corrected chi connectivity index (χ0v) is 11.8. The van der Waals surface area contributed by atoms with Gasteiger partial charge in [-0.2, -0.15) is 0 Å². The Morgan fingerprint density at radius 1 is 1.35 bits per heavy atom. The van der Waals surface area contributed by atoms with Crippen molar-refractivity contribution in [3.8, 4) is 0 Å². The number of amides is 1. The van der Waals surface area contributed by atoms with Crippen molar-refractivity contribution in [1.29, 1.82) is 0 Å². The molecule has 0 spiro atoms. The average molecular weight is 245 g/mol. The summed E-state index contributed by atoms with van der Waals surface area (Å²) in [5.41, 5.74) is -0.448. The lowest BCUT2D eigenvalue weighted by Gasteiger charge is -2.33. The zero-order chi connectivity index (χ0) is 13.5. The molecule has 0 aliphatic heterocycles. The lowest BCUT2D eigenvalue weighted by molar-refractivity contribution is -0.139. The molecule has 1 N–H and O–H groups in total. The predicted molar refractivity (Wildman–Crippen MR) is 68.9 cm³/mol. The van der Waals surface area contributed by atoms with Crippen molar-refractivity contribution in [2.75, 3.05) is 20.3 Å². The van der Waals surface area contributed by atoms with E-state index in [0.29, 0.717) is 13.0 Å². The van der Waals surface area contributed by atoms with Gasteiger partial charge in [-0.05, 0) is 26.7 Å². The quantitative estimate of drug-likeness (QED) is 0.709. The summed E-state index contributed by atoms with van der Waals surface area (Å²) in [7, 11) is 1.61. The van der Waals surface area contributed by atoms with Crippen LogP contribution in [0.4, 0.5) is 0 Å². The van der Waals surface area contributed by atoms with Crippen molar-refractivity contribution in [3.63, 3.8) is 0 Å². The molecular weight excluding hydrogens is 218 g/mol. The van der Waals surface area contributed by atoms with Crippen LogP contribution >= 0.6 is 0 Å².